The molecule has 1 fully saturated rings. The molecule has 1 heterocycles. The largest absolute Gasteiger partial charge is 0.494 e. The van der Waals surface area contributed by atoms with Crippen LogP contribution in [-0.2, 0) is 0 Å². The van der Waals surface area contributed by atoms with E-state index in [1.807, 2.05) is 27.7 Å². The molecule has 0 saturated heterocycles. The second-order valence-electron chi connectivity index (χ2n) is 9.19. The van der Waals surface area contributed by atoms with Gasteiger partial charge in [0.1, 0.15) is 5.75 Å². The van der Waals surface area contributed by atoms with Crippen LogP contribution in [0.15, 0.2) is 35.3 Å². The highest BCUT2D eigenvalue weighted by Gasteiger charge is 2.38. The first-order chi connectivity index (χ1) is 15.0. The number of aliphatic hydroxyl groups is 1. The van der Waals surface area contributed by atoms with Gasteiger partial charge in [0.15, 0.2) is 0 Å². The van der Waals surface area contributed by atoms with Crippen molar-refractivity contribution in [1.82, 2.24) is 0 Å². The van der Waals surface area contributed by atoms with Gasteiger partial charge in [-0.3, -0.25) is 15.0 Å². The standard InChI is InChI=1S/C24H32N4O4/c1-14(2)20-7-6-8-21(28(20)31)23(29)27-19-9-15(18(25)12-22(19)32-5)13-26-17-10-16(11-17)24(3,4)30/h6-9,12-14,16-17,25,29-31H,10-11H2,1-5H3/p+1. The first kappa shape index (κ1) is 23.5. The van der Waals surface area contributed by atoms with Crippen molar-refractivity contribution in [2.45, 2.75) is 58.1 Å². The lowest BCUT2D eigenvalue weighted by Gasteiger charge is -2.40. The molecule has 5 N–H and O–H groups in total. The predicted octanol–water partition coefficient (Wildman–Crippen LogP) is 3.15. The summed E-state index contributed by atoms with van der Waals surface area (Å²) in [6.45, 7) is 7.51. The van der Waals surface area contributed by atoms with Crippen LogP contribution >= 0.6 is 0 Å². The van der Waals surface area contributed by atoms with Crippen LogP contribution in [0.1, 0.15) is 68.2 Å². The fourth-order valence-corrected chi connectivity index (χ4v) is 3.78. The van der Waals surface area contributed by atoms with Crippen molar-refractivity contribution in [2.24, 2.45) is 10.9 Å². The van der Waals surface area contributed by atoms with Crippen LogP contribution in [0.3, 0.4) is 0 Å². The number of nitrogens with two attached hydrogens (primary N) is 1. The normalized spacial score (nSPS) is 18.6. The smallest absolute Gasteiger partial charge is 0.325 e. The number of methoxy groups -OCH3 is 1. The Hall–Kier alpha value is -3.13. The van der Waals surface area contributed by atoms with Gasteiger partial charge in [0.25, 0.3) is 0 Å². The number of hydrogen-bond acceptors (Lipinski definition) is 6. The van der Waals surface area contributed by atoms with Gasteiger partial charge in [-0.1, -0.05) is 13.8 Å². The summed E-state index contributed by atoms with van der Waals surface area (Å²) in [5, 5.41) is 23.3. The number of pyridine rings is 1. The van der Waals surface area contributed by atoms with Gasteiger partial charge in [-0.2, -0.15) is 0 Å². The second-order valence-corrected chi connectivity index (χ2v) is 9.19. The number of anilines is 2. The molecular weight excluding hydrogens is 408 g/mol. The highest BCUT2D eigenvalue weighted by molar-refractivity contribution is 6.04. The third-order valence-electron chi connectivity index (χ3n) is 6.01. The van der Waals surface area contributed by atoms with E-state index in [2.05, 4.69) is 10.3 Å². The van der Waals surface area contributed by atoms with Gasteiger partial charge in [0, 0.05) is 46.3 Å². The van der Waals surface area contributed by atoms with Crippen LogP contribution in [-0.4, -0.2) is 41.2 Å². The van der Waals surface area contributed by atoms with E-state index in [1.165, 1.54) is 7.11 Å². The Labute approximate surface area is 188 Å². The van der Waals surface area contributed by atoms with Crippen LogP contribution in [0.5, 0.6) is 5.75 Å². The van der Waals surface area contributed by atoms with E-state index in [9.17, 15) is 15.1 Å². The molecule has 1 saturated carbocycles. The molecule has 0 bridgehead atoms. The van der Waals surface area contributed by atoms with Gasteiger partial charge in [-0.05, 0) is 44.7 Å². The van der Waals surface area contributed by atoms with Gasteiger partial charge in [0.2, 0.25) is 5.69 Å². The zero-order chi connectivity index (χ0) is 23.6. The molecule has 8 nitrogen and oxygen atoms in total. The minimum absolute atomic E-state index is 0.0455. The number of benzene rings is 1. The van der Waals surface area contributed by atoms with Gasteiger partial charge < -0.3 is 20.9 Å². The monoisotopic (exact) mass is 441 g/mol. The Morgan fingerprint density at radius 1 is 1.34 bits per heavy atom. The average Bonchev–Trinajstić information content (AvgIpc) is 2.67. The van der Waals surface area contributed by atoms with Crippen LogP contribution in [0.2, 0.25) is 0 Å². The number of nitrogens with zero attached hydrogens (tertiary/aromatic N) is 2. The number of rotatable bonds is 7. The highest BCUT2D eigenvalue weighted by Crippen LogP contribution is 2.38. The molecule has 8 heteroatoms. The number of aliphatic imine (C=N–C) groups is 1. The molecular formula is C24H33N4O4+. The molecule has 0 spiro atoms. The van der Waals surface area contributed by atoms with E-state index in [4.69, 9.17) is 10.5 Å². The average molecular weight is 442 g/mol. The van der Waals surface area contributed by atoms with Crippen molar-refractivity contribution in [3.8, 4) is 5.75 Å². The fraction of sp³-hybridized carbons (Fsp3) is 0.458. The van der Waals surface area contributed by atoms with Gasteiger partial charge in [-0.25, -0.2) is 0 Å². The maximum absolute atomic E-state index is 12.9. The first-order valence-electron chi connectivity index (χ1n) is 10.8. The van der Waals surface area contributed by atoms with Crippen molar-refractivity contribution in [3.63, 3.8) is 0 Å². The van der Waals surface area contributed by atoms with E-state index in [-0.39, 0.29) is 23.6 Å². The maximum Gasteiger partial charge on any atom is 0.325 e. The number of nitrogen functional groups attached to an aromatic ring is 1. The zero-order valence-corrected chi connectivity index (χ0v) is 19.3. The van der Waals surface area contributed by atoms with Crippen molar-refractivity contribution >= 4 is 23.5 Å². The minimum atomic E-state index is -0.695. The quantitative estimate of drug-likeness (QED) is 0.228. The SMILES string of the molecule is COc1cc(N)c(C=NC2CC(C(C)(C)O)C2)cc1NC(=O)c1cccc(C(C)C)[n+]1O. The van der Waals surface area contributed by atoms with Gasteiger partial charge in [0.05, 0.1) is 24.4 Å². The van der Waals surface area contributed by atoms with Crippen LogP contribution in [0, 0.1) is 5.92 Å². The Kier molecular flexibility index (Phi) is 6.74. The summed E-state index contributed by atoms with van der Waals surface area (Å²) in [5.41, 5.74) is 7.75. The van der Waals surface area contributed by atoms with Crippen molar-refractivity contribution in [1.29, 1.82) is 0 Å². The molecule has 0 unspecified atom stereocenters. The van der Waals surface area contributed by atoms with Crippen molar-refractivity contribution in [3.05, 3.63) is 47.3 Å². The van der Waals surface area contributed by atoms with Crippen LogP contribution < -0.4 is 20.5 Å². The maximum atomic E-state index is 12.9. The molecule has 1 aliphatic carbocycles. The topological polar surface area (TPSA) is 121 Å². The van der Waals surface area contributed by atoms with Crippen LogP contribution in [0.25, 0.3) is 0 Å². The molecule has 1 aromatic heterocycles. The number of ether oxygens (including phenoxy) is 1. The minimum Gasteiger partial charge on any atom is -0.494 e. The molecule has 172 valence electrons. The van der Waals surface area contributed by atoms with E-state index in [0.717, 1.165) is 17.6 Å². The molecule has 1 amide bonds. The number of carbonyl (C=O) groups is 1. The first-order valence-corrected chi connectivity index (χ1v) is 10.8. The van der Waals surface area contributed by atoms with Crippen LogP contribution in [0.4, 0.5) is 11.4 Å². The Morgan fingerprint density at radius 3 is 2.62 bits per heavy atom. The third-order valence-corrected chi connectivity index (χ3v) is 6.01. The summed E-state index contributed by atoms with van der Waals surface area (Å²) in [6, 6.07) is 8.52. The Bertz CT molecular complexity index is 1020. The second kappa shape index (κ2) is 9.16. The lowest BCUT2D eigenvalue weighted by Crippen LogP contribution is -2.43. The molecule has 1 aliphatic rings. The number of aromatic nitrogens is 1. The summed E-state index contributed by atoms with van der Waals surface area (Å²) in [5.74, 6) is 0.208. The highest BCUT2D eigenvalue weighted by atomic mass is 16.5. The van der Waals surface area contributed by atoms with E-state index >= 15 is 0 Å². The summed E-state index contributed by atoms with van der Waals surface area (Å²) < 4.78 is 6.29. The van der Waals surface area contributed by atoms with E-state index in [0.29, 0.717) is 28.4 Å². The van der Waals surface area contributed by atoms with Crippen molar-refractivity contribution in [2.75, 3.05) is 18.2 Å². The molecule has 0 aliphatic heterocycles. The summed E-state index contributed by atoms with van der Waals surface area (Å²) in [7, 11) is 1.49. The van der Waals surface area contributed by atoms with Gasteiger partial charge in [-0.15, -0.1) is 0 Å². The fourth-order valence-electron chi connectivity index (χ4n) is 3.78. The molecule has 0 radical (unpaired) electrons. The number of carbonyl (C=O) groups excluding carboxylic acids is 1. The number of hydrogen-bond donors (Lipinski definition) is 4. The lowest BCUT2D eigenvalue weighted by atomic mass is 9.71. The molecule has 32 heavy (non-hydrogen) atoms. The van der Waals surface area contributed by atoms with E-state index in [1.54, 1.807) is 36.5 Å². The summed E-state index contributed by atoms with van der Waals surface area (Å²) in [6.07, 6.45) is 3.34. The third kappa shape index (κ3) is 5.02. The number of nitrogens with one attached hydrogen (secondary N) is 1. The Balaban J connectivity index is 1.81. The Morgan fingerprint density at radius 2 is 2.03 bits per heavy atom. The molecule has 2 aromatic rings. The lowest BCUT2D eigenvalue weighted by molar-refractivity contribution is -0.911. The van der Waals surface area contributed by atoms with E-state index < -0.39 is 11.5 Å². The predicted molar refractivity (Wildman–Crippen MR) is 124 cm³/mol. The van der Waals surface area contributed by atoms with Gasteiger partial charge >= 0.3 is 11.6 Å². The molecule has 1 aromatic carbocycles. The summed E-state index contributed by atoms with van der Waals surface area (Å²) >= 11 is 0. The molecule has 3 rings (SSSR count). The zero-order valence-electron chi connectivity index (χ0n) is 19.3. The number of amides is 1. The summed E-state index contributed by atoms with van der Waals surface area (Å²) in [4.78, 5) is 17.5. The van der Waals surface area contributed by atoms with Crippen molar-refractivity contribution < 1.29 is 24.6 Å². The molecule has 0 atom stereocenters.